The Kier molecular flexibility index (Phi) is 6.27. The van der Waals surface area contributed by atoms with Gasteiger partial charge in [0.05, 0.1) is 11.1 Å². The number of hydrogen-bond acceptors (Lipinski definition) is 5. The normalized spacial score (nSPS) is 14.1. The van der Waals surface area contributed by atoms with Crippen LogP contribution in [-0.2, 0) is 18.7 Å². The Hall–Kier alpha value is -1.54. The minimum atomic E-state index is -0.0518. The highest BCUT2D eigenvalue weighted by Crippen LogP contribution is 2.35. The molecule has 0 bridgehead atoms. The number of halogens is 3. The van der Waals surface area contributed by atoms with E-state index in [1.807, 2.05) is 24.3 Å². The molecular formula is C23H18Cl3N3OS2. The number of rotatable bonds is 4. The summed E-state index contributed by atoms with van der Waals surface area (Å²) in [6, 6.07) is 12.8. The van der Waals surface area contributed by atoms with Crippen molar-refractivity contribution in [3.8, 4) is 5.69 Å². The quantitative estimate of drug-likeness (QED) is 0.221. The summed E-state index contributed by atoms with van der Waals surface area (Å²) >= 11 is 21.8. The van der Waals surface area contributed by atoms with Gasteiger partial charge >= 0.3 is 0 Å². The van der Waals surface area contributed by atoms with Crippen molar-refractivity contribution in [3.05, 3.63) is 83.9 Å². The molecule has 2 aromatic carbocycles. The summed E-state index contributed by atoms with van der Waals surface area (Å²) < 4.78 is 1.67. The monoisotopic (exact) mass is 521 g/mol. The molecule has 1 aliphatic rings. The predicted molar refractivity (Wildman–Crippen MR) is 136 cm³/mol. The maximum Gasteiger partial charge on any atom is 0.267 e. The van der Waals surface area contributed by atoms with Gasteiger partial charge in [-0.25, -0.2) is 4.98 Å². The molecule has 0 atom stereocenters. The van der Waals surface area contributed by atoms with Gasteiger partial charge in [-0.05, 0) is 54.9 Å². The lowest BCUT2D eigenvalue weighted by Crippen LogP contribution is -2.27. The van der Waals surface area contributed by atoms with E-state index in [0.29, 0.717) is 31.7 Å². The number of hydrogen-bond donors (Lipinski definition) is 0. The highest BCUT2D eigenvalue weighted by molar-refractivity contribution is 7.98. The first-order valence-corrected chi connectivity index (χ1v) is 12.9. The van der Waals surface area contributed by atoms with Crippen LogP contribution in [0.25, 0.3) is 15.9 Å². The van der Waals surface area contributed by atoms with Gasteiger partial charge in [-0.3, -0.25) is 9.36 Å². The van der Waals surface area contributed by atoms with Crippen LogP contribution < -0.4 is 5.56 Å². The Morgan fingerprint density at radius 3 is 2.72 bits per heavy atom. The SMILES string of the molecule is CN1CCc2c(sc3nc(SCc4ccc(Cl)cc4Cl)n(-c4cccc(Cl)c4)c(=O)c23)C1. The van der Waals surface area contributed by atoms with Crippen molar-refractivity contribution in [2.24, 2.45) is 0 Å². The van der Waals surface area contributed by atoms with Gasteiger partial charge < -0.3 is 4.90 Å². The largest absolute Gasteiger partial charge is 0.301 e. The number of thioether (sulfide) groups is 1. The van der Waals surface area contributed by atoms with E-state index in [2.05, 4.69) is 11.9 Å². The second kappa shape index (κ2) is 9.01. The van der Waals surface area contributed by atoms with Gasteiger partial charge in [0.1, 0.15) is 4.83 Å². The molecule has 5 rings (SSSR count). The van der Waals surface area contributed by atoms with Gasteiger partial charge in [0.25, 0.3) is 5.56 Å². The zero-order chi connectivity index (χ0) is 22.4. The van der Waals surface area contributed by atoms with Crippen molar-refractivity contribution in [3.63, 3.8) is 0 Å². The zero-order valence-electron chi connectivity index (χ0n) is 17.1. The van der Waals surface area contributed by atoms with E-state index < -0.39 is 0 Å². The lowest BCUT2D eigenvalue weighted by molar-refractivity contribution is 0.318. The zero-order valence-corrected chi connectivity index (χ0v) is 21.0. The molecule has 4 nitrogen and oxygen atoms in total. The van der Waals surface area contributed by atoms with Crippen molar-refractivity contribution in [1.29, 1.82) is 0 Å². The predicted octanol–water partition coefficient (Wildman–Crippen LogP) is 6.69. The second-order valence-electron chi connectivity index (χ2n) is 7.71. The van der Waals surface area contributed by atoms with Crippen LogP contribution in [0.5, 0.6) is 0 Å². The molecule has 0 aliphatic carbocycles. The minimum absolute atomic E-state index is 0.0518. The van der Waals surface area contributed by atoms with Gasteiger partial charge in [0, 0.05) is 38.8 Å². The van der Waals surface area contributed by atoms with Gasteiger partial charge in [0.15, 0.2) is 5.16 Å². The third-order valence-corrected chi connectivity index (χ3v) is 8.39. The molecule has 164 valence electrons. The molecule has 0 spiro atoms. The Morgan fingerprint density at radius 1 is 1.12 bits per heavy atom. The summed E-state index contributed by atoms with van der Waals surface area (Å²) in [6.45, 7) is 1.77. The first kappa shape index (κ1) is 22.3. The number of nitrogens with zero attached hydrogens (tertiary/aromatic N) is 3. The number of likely N-dealkylation sites (N-methyl/N-ethyl adjacent to an activating group) is 1. The topological polar surface area (TPSA) is 38.1 Å². The van der Waals surface area contributed by atoms with Gasteiger partial charge in [-0.1, -0.05) is 58.7 Å². The fourth-order valence-corrected chi connectivity index (χ4v) is 6.97. The molecule has 0 amide bonds. The first-order valence-electron chi connectivity index (χ1n) is 9.99. The maximum absolute atomic E-state index is 13.8. The lowest BCUT2D eigenvalue weighted by atomic mass is 10.1. The number of benzene rings is 2. The van der Waals surface area contributed by atoms with Crippen molar-refractivity contribution in [1.82, 2.24) is 14.5 Å². The molecule has 0 fully saturated rings. The van der Waals surface area contributed by atoms with Crippen molar-refractivity contribution >= 4 is 68.1 Å². The lowest BCUT2D eigenvalue weighted by Gasteiger charge is -2.21. The van der Waals surface area contributed by atoms with Gasteiger partial charge in [-0.2, -0.15) is 0 Å². The average molecular weight is 523 g/mol. The number of aromatic nitrogens is 2. The molecule has 32 heavy (non-hydrogen) atoms. The number of thiophene rings is 1. The molecule has 0 saturated carbocycles. The van der Waals surface area contributed by atoms with Crippen LogP contribution in [0.1, 0.15) is 16.0 Å². The molecule has 0 unspecified atom stereocenters. The van der Waals surface area contributed by atoms with Gasteiger partial charge in [0.2, 0.25) is 0 Å². The van der Waals surface area contributed by atoms with E-state index in [4.69, 9.17) is 39.8 Å². The standard InChI is InChI=1S/C23H18Cl3N3OS2/c1-28-8-7-17-19(11-28)32-21-20(17)22(30)29(16-4-2-3-14(24)9-16)23(27-21)31-12-13-5-6-15(25)10-18(13)26/h2-6,9-10H,7-8,11-12H2,1H3. The van der Waals surface area contributed by atoms with Crippen molar-refractivity contribution < 1.29 is 0 Å². The molecule has 3 heterocycles. The van der Waals surface area contributed by atoms with E-state index >= 15 is 0 Å². The fourth-order valence-electron chi connectivity index (χ4n) is 3.87. The number of fused-ring (bicyclic) bond motifs is 3. The summed E-state index contributed by atoms with van der Waals surface area (Å²) in [4.78, 5) is 23.0. The van der Waals surface area contributed by atoms with E-state index in [0.717, 1.165) is 40.9 Å². The Labute approximate surface area is 208 Å². The minimum Gasteiger partial charge on any atom is -0.301 e. The smallest absolute Gasteiger partial charge is 0.267 e. The molecule has 9 heteroatoms. The summed E-state index contributed by atoms with van der Waals surface area (Å²) in [6.07, 6.45) is 0.852. The van der Waals surface area contributed by atoms with Crippen LogP contribution in [0.4, 0.5) is 0 Å². The van der Waals surface area contributed by atoms with E-state index in [9.17, 15) is 4.79 Å². The Balaban J connectivity index is 1.66. The van der Waals surface area contributed by atoms with E-state index in [1.54, 1.807) is 34.1 Å². The molecule has 0 N–H and O–H groups in total. The average Bonchev–Trinajstić information content (AvgIpc) is 3.10. The van der Waals surface area contributed by atoms with Crippen LogP contribution in [-0.4, -0.2) is 28.0 Å². The van der Waals surface area contributed by atoms with Crippen LogP contribution in [0, 0.1) is 0 Å². The maximum atomic E-state index is 13.8. The second-order valence-corrected chi connectivity index (χ2v) is 11.0. The summed E-state index contributed by atoms with van der Waals surface area (Å²) in [5.74, 6) is 0.558. The summed E-state index contributed by atoms with van der Waals surface area (Å²) in [5, 5.41) is 3.10. The fraction of sp³-hybridized carbons (Fsp3) is 0.217. The highest BCUT2D eigenvalue weighted by atomic mass is 35.5. The molecule has 2 aromatic heterocycles. The highest BCUT2D eigenvalue weighted by Gasteiger charge is 2.24. The molecule has 1 aliphatic heterocycles. The third kappa shape index (κ3) is 4.20. The molecule has 0 saturated heterocycles. The Morgan fingerprint density at radius 2 is 1.94 bits per heavy atom. The third-order valence-electron chi connectivity index (χ3n) is 5.47. The van der Waals surface area contributed by atoms with E-state index in [-0.39, 0.29) is 5.56 Å². The molecule has 0 radical (unpaired) electrons. The van der Waals surface area contributed by atoms with Crippen LogP contribution >= 0.6 is 57.9 Å². The van der Waals surface area contributed by atoms with Crippen LogP contribution in [0.2, 0.25) is 15.1 Å². The van der Waals surface area contributed by atoms with Crippen molar-refractivity contribution in [2.45, 2.75) is 23.9 Å². The van der Waals surface area contributed by atoms with Crippen LogP contribution in [0.3, 0.4) is 0 Å². The van der Waals surface area contributed by atoms with Crippen LogP contribution in [0.15, 0.2) is 52.4 Å². The summed E-state index contributed by atoms with van der Waals surface area (Å²) in [5.41, 5.74) is 2.72. The summed E-state index contributed by atoms with van der Waals surface area (Å²) in [7, 11) is 2.10. The van der Waals surface area contributed by atoms with Crippen molar-refractivity contribution in [2.75, 3.05) is 13.6 Å². The van der Waals surface area contributed by atoms with E-state index in [1.165, 1.54) is 16.6 Å². The molecular weight excluding hydrogens is 505 g/mol. The first-order chi connectivity index (χ1) is 15.4. The molecule has 4 aromatic rings. The Bertz CT molecular complexity index is 1400. The van der Waals surface area contributed by atoms with Gasteiger partial charge in [-0.15, -0.1) is 11.3 Å².